The number of amides is 2. The molecule has 0 fully saturated rings. The van der Waals surface area contributed by atoms with Crippen molar-refractivity contribution in [1.82, 2.24) is 14.8 Å². The minimum absolute atomic E-state index is 0.113. The van der Waals surface area contributed by atoms with Gasteiger partial charge in [-0.3, -0.25) is 14.4 Å². The third-order valence-corrected chi connectivity index (χ3v) is 6.42. The minimum atomic E-state index is -0.427. The Hall–Kier alpha value is -3.94. The average Bonchev–Trinajstić information content (AvgIpc) is 3.07. The summed E-state index contributed by atoms with van der Waals surface area (Å²) in [4.78, 5) is 40.9. The van der Waals surface area contributed by atoms with Gasteiger partial charge in [-0.2, -0.15) is 0 Å². The van der Waals surface area contributed by atoms with Crippen molar-refractivity contribution in [2.75, 3.05) is 20.2 Å². The number of carbonyl (C=O) groups excluding carboxylic acids is 2. The van der Waals surface area contributed by atoms with Crippen LogP contribution in [0.1, 0.15) is 43.1 Å². The third kappa shape index (κ3) is 5.11. The number of rotatable bonds is 5. The van der Waals surface area contributed by atoms with Crippen LogP contribution in [0.4, 0.5) is 4.39 Å². The van der Waals surface area contributed by atoms with Gasteiger partial charge in [0.15, 0.2) is 0 Å². The van der Waals surface area contributed by atoms with Crippen molar-refractivity contribution in [3.8, 4) is 5.75 Å². The van der Waals surface area contributed by atoms with Gasteiger partial charge in [-0.05, 0) is 54.8 Å². The van der Waals surface area contributed by atoms with Crippen molar-refractivity contribution in [3.63, 3.8) is 0 Å². The van der Waals surface area contributed by atoms with E-state index in [1.807, 2.05) is 32.0 Å². The Balaban J connectivity index is 1.60. The molecule has 2 aromatic carbocycles. The van der Waals surface area contributed by atoms with Crippen LogP contribution < -0.4 is 15.6 Å². The molecule has 1 N–H and O–H groups in total. The molecule has 8 heteroatoms. The summed E-state index contributed by atoms with van der Waals surface area (Å²) in [6.45, 7) is 5.03. The largest absolute Gasteiger partial charge is 0.496 e. The van der Waals surface area contributed by atoms with E-state index in [0.717, 1.165) is 11.1 Å². The molecule has 0 atom stereocenters. The number of carbonyl (C=O) groups is 2. The van der Waals surface area contributed by atoms with Gasteiger partial charge in [-0.25, -0.2) is 4.39 Å². The molecule has 2 amide bonds. The van der Waals surface area contributed by atoms with Crippen molar-refractivity contribution >= 4 is 11.8 Å². The maximum atomic E-state index is 13.5. The average molecular weight is 478 g/mol. The van der Waals surface area contributed by atoms with Gasteiger partial charge in [0.05, 0.1) is 7.11 Å². The Labute approximate surface area is 203 Å². The number of methoxy groups -OCH3 is 1. The van der Waals surface area contributed by atoms with Crippen molar-refractivity contribution in [2.45, 2.75) is 33.4 Å². The fourth-order valence-electron chi connectivity index (χ4n) is 4.33. The van der Waals surface area contributed by atoms with Gasteiger partial charge in [0.25, 0.3) is 17.4 Å². The molecular formula is C27H28FN3O4. The lowest BCUT2D eigenvalue weighted by Crippen LogP contribution is -2.34. The summed E-state index contributed by atoms with van der Waals surface area (Å²) in [7, 11) is 1.40. The number of nitrogens with zero attached hydrogens (tertiary/aromatic N) is 2. The molecule has 2 heterocycles. The predicted octanol–water partition coefficient (Wildman–Crippen LogP) is 3.24. The minimum Gasteiger partial charge on any atom is -0.496 e. The van der Waals surface area contributed by atoms with Crippen LogP contribution in [0.15, 0.2) is 53.3 Å². The second-order valence-corrected chi connectivity index (χ2v) is 8.68. The van der Waals surface area contributed by atoms with E-state index < -0.39 is 5.91 Å². The fourth-order valence-corrected chi connectivity index (χ4v) is 4.33. The normalized spacial score (nSPS) is 13.1. The molecule has 0 saturated heterocycles. The first kappa shape index (κ1) is 24.2. The Morgan fingerprint density at radius 2 is 1.83 bits per heavy atom. The van der Waals surface area contributed by atoms with Gasteiger partial charge in [0.2, 0.25) is 0 Å². The Bertz CT molecular complexity index is 1350. The molecule has 1 aromatic heterocycles. The number of pyridine rings is 1. The van der Waals surface area contributed by atoms with E-state index >= 15 is 0 Å². The number of aromatic nitrogens is 1. The molecule has 0 radical (unpaired) electrons. The lowest BCUT2D eigenvalue weighted by Gasteiger charge is -2.20. The Morgan fingerprint density at radius 3 is 2.54 bits per heavy atom. The smallest absolute Gasteiger partial charge is 0.257 e. The van der Waals surface area contributed by atoms with Gasteiger partial charge in [0.1, 0.15) is 17.1 Å². The van der Waals surface area contributed by atoms with Gasteiger partial charge < -0.3 is 19.5 Å². The van der Waals surface area contributed by atoms with Crippen LogP contribution in [-0.2, 0) is 19.5 Å². The summed E-state index contributed by atoms with van der Waals surface area (Å²) in [5.41, 5.74) is 3.83. The summed E-state index contributed by atoms with van der Waals surface area (Å²) in [5.74, 6) is -0.753. The summed E-state index contributed by atoms with van der Waals surface area (Å²) in [5, 5.41) is 2.80. The zero-order chi connectivity index (χ0) is 25.1. The third-order valence-electron chi connectivity index (χ3n) is 6.42. The SMILES string of the molecule is COc1cc(=O)n2c(c1C(=O)NCc1cccc(F)c1)CCN(C(=O)c1ccc(C)c(C)c1)CC2. The number of halogens is 1. The highest BCUT2D eigenvalue weighted by molar-refractivity contribution is 5.98. The molecular weight excluding hydrogens is 449 g/mol. The summed E-state index contributed by atoms with van der Waals surface area (Å²) < 4.78 is 20.4. The quantitative estimate of drug-likeness (QED) is 0.612. The lowest BCUT2D eigenvalue weighted by molar-refractivity contribution is 0.0759. The first-order valence-electron chi connectivity index (χ1n) is 11.5. The fraction of sp³-hybridized carbons (Fsp3) is 0.296. The highest BCUT2D eigenvalue weighted by atomic mass is 19.1. The van der Waals surface area contributed by atoms with Crippen LogP contribution in [0.3, 0.4) is 0 Å². The monoisotopic (exact) mass is 477 g/mol. The van der Waals surface area contributed by atoms with E-state index in [-0.39, 0.29) is 41.7 Å². The first-order valence-corrected chi connectivity index (χ1v) is 11.5. The van der Waals surface area contributed by atoms with Gasteiger partial charge >= 0.3 is 0 Å². The molecule has 0 saturated carbocycles. The molecule has 1 aliphatic heterocycles. The summed E-state index contributed by atoms with van der Waals surface area (Å²) in [6.07, 6.45) is 0.311. The van der Waals surface area contributed by atoms with Crippen LogP contribution in [0.5, 0.6) is 5.75 Å². The van der Waals surface area contributed by atoms with E-state index in [9.17, 15) is 18.8 Å². The maximum Gasteiger partial charge on any atom is 0.257 e. The standard InChI is InChI=1S/C27H28FN3O4/c1-17-7-8-20(13-18(17)2)27(34)30-10-9-22-25(23(35-3)15-24(32)31(22)12-11-30)26(33)29-16-19-5-4-6-21(28)14-19/h4-8,13-15H,9-12,16H2,1-3H3,(H,29,33). The molecule has 4 rings (SSSR count). The number of ether oxygens (including phenoxy) is 1. The topological polar surface area (TPSA) is 80.6 Å². The molecule has 0 spiro atoms. The molecule has 0 unspecified atom stereocenters. The molecule has 35 heavy (non-hydrogen) atoms. The number of fused-ring (bicyclic) bond motifs is 1. The lowest BCUT2D eigenvalue weighted by atomic mass is 10.1. The van der Waals surface area contributed by atoms with Crippen LogP contribution in [-0.4, -0.2) is 41.5 Å². The number of benzene rings is 2. The molecule has 1 aliphatic rings. The van der Waals surface area contributed by atoms with Gasteiger partial charge in [-0.1, -0.05) is 18.2 Å². The molecule has 182 valence electrons. The summed E-state index contributed by atoms with van der Waals surface area (Å²) in [6, 6.07) is 12.9. The van der Waals surface area contributed by atoms with E-state index in [1.165, 1.54) is 29.9 Å². The van der Waals surface area contributed by atoms with Gasteiger partial charge in [0, 0.05) is 49.9 Å². The molecule has 7 nitrogen and oxygen atoms in total. The zero-order valence-corrected chi connectivity index (χ0v) is 20.1. The first-order chi connectivity index (χ1) is 16.8. The van der Waals surface area contributed by atoms with Crippen LogP contribution in [0.25, 0.3) is 0 Å². The van der Waals surface area contributed by atoms with E-state index in [0.29, 0.717) is 36.3 Å². The predicted molar refractivity (Wildman–Crippen MR) is 130 cm³/mol. The Kier molecular flexibility index (Phi) is 7.00. The van der Waals surface area contributed by atoms with E-state index in [2.05, 4.69) is 5.32 Å². The van der Waals surface area contributed by atoms with Crippen molar-refractivity contribution in [2.24, 2.45) is 0 Å². The number of nitrogens with one attached hydrogen (secondary N) is 1. The summed E-state index contributed by atoms with van der Waals surface area (Å²) >= 11 is 0. The van der Waals surface area contributed by atoms with Crippen molar-refractivity contribution in [1.29, 1.82) is 0 Å². The van der Waals surface area contributed by atoms with Crippen LogP contribution in [0, 0.1) is 19.7 Å². The Morgan fingerprint density at radius 1 is 1.03 bits per heavy atom. The maximum absolute atomic E-state index is 13.5. The second-order valence-electron chi connectivity index (χ2n) is 8.68. The molecule has 0 aliphatic carbocycles. The zero-order valence-electron chi connectivity index (χ0n) is 20.1. The van der Waals surface area contributed by atoms with Crippen molar-refractivity contribution in [3.05, 3.63) is 98.2 Å². The number of aryl methyl sites for hydroxylation is 2. The highest BCUT2D eigenvalue weighted by Crippen LogP contribution is 2.24. The second kappa shape index (κ2) is 10.1. The van der Waals surface area contributed by atoms with E-state index in [4.69, 9.17) is 4.74 Å². The van der Waals surface area contributed by atoms with Crippen LogP contribution >= 0.6 is 0 Å². The van der Waals surface area contributed by atoms with E-state index in [1.54, 1.807) is 17.0 Å². The van der Waals surface area contributed by atoms with Gasteiger partial charge in [-0.15, -0.1) is 0 Å². The molecule has 3 aromatic rings. The number of hydrogen-bond donors (Lipinski definition) is 1. The molecule has 0 bridgehead atoms. The van der Waals surface area contributed by atoms with Crippen LogP contribution in [0.2, 0.25) is 0 Å². The highest BCUT2D eigenvalue weighted by Gasteiger charge is 2.27. The number of hydrogen-bond acceptors (Lipinski definition) is 4. The van der Waals surface area contributed by atoms with Crippen molar-refractivity contribution < 1.29 is 18.7 Å².